The van der Waals surface area contributed by atoms with Gasteiger partial charge in [0.25, 0.3) is 0 Å². The number of fused-ring (bicyclic) bond motifs is 1. The first-order chi connectivity index (χ1) is 14.3. The molecule has 1 aliphatic rings. The first-order valence-electron chi connectivity index (χ1n) is 8.83. The van der Waals surface area contributed by atoms with E-state index in [1.165, 1.54) is 37.4 Å². The number of hydrogen-bond acceptors (Lipinski definition) is 7. The van der Waals surface area contributed by atoms with Crippen LogP contribution >= 0.6 is 0 Å². The predicted octanol–water partition coefficient (Wildman–Crippen LogP) is 2.87. The molecule has 3 rings (SSSR count). The number of benzene rings is 2. The number of carbonyl (C=O) groups excluding carboxylic acids is 1. The number of hydrogen-bond donors (Lipinski definition) is 1. The molecule has 0 bridgehead atoms. The summed E-state index contributed by atoms with van der Waals surface area (Å²) >= 11 is 0. The summed E-state index contributed by atoms with van der Waals surface area (Å²) in [6, 6.07) is 8.18. The van der Waals surface area contributed by atoms with Crippen molar-refractivity contribution in [3.05, 3.63) is 36.4 Å². The minimum absolute atomic E-state index is 0.0108. The quantitative estimate of drug-likeness (QED) is 0.670. The van der Waals surface area contributed by atoms with Crippen molar-refractivity contribution in [1.82, 2.24) is 0 Å². The Labute approximate surface area is 171 Å². The number of carbonyl (C=O) groups is 1. The van der Waals surface area contributed by atoms with Gasteiger partial charge in [0.1, 0.15) is 13.2 Å². The fraction of sp³-hybridized carbons (Fsp3) is 0.316. The number of ether oxygens (including phenoxy) is 4. The molecule has 8 nitrogen and oxygen atoms in total. The van der Waals surface area contributed by atoms with E-state index in [0.29, 0.717) is 24.7 Å². The first-order valence-corrected chi connectivity index (χ1v) is 10.5. The molecule has 1 aliphatic heterocycles. The second-order valence-corrected chi connectivity index (χ2v) is 8.28. The largest absolute Gasteiger partial charge is 0.493 e. The molecule has 0 radical (unpaired) electrons. The number of sulfone groups is 1. The van der Waals surface area contributed by atoms with Crippen LogP contribution in [0.2, 0.25) is 0 Å². The van der Waals surface area contributed by atoms with Crippen molar-refractivity contribution < 1.29 is 40.9 Å². The van der Waals surface area contributed by atoms with Gasteiger partial charge in [0, 0.05) is 24.2 Å². The molecule has 162 valence electrons. The van der Waals surface area contributed by atoms with Crippen molar-refractivity contribution in [3.63, 3.8) is 0 Å². The molecule has 0 spiro atoms. The van der Waals surface area contributed by atoms with Gasteiger partial charge in [-0.25, -0.2) is 8.42 Å². The topological polar surface area (TPSA) is 100 Å². The SMILES string of the molecule is COc1ccc(NC(=O)CCS(=O)(=O)c2ccc3c(c2)OCCO3)cc1OC(F)F. The molecule has 2 aromatic carbocycles. The van der Waals surface area contributed by atoms with Gasteiger partial charge in [-0.2, -0.15) is 8.78 Å². The maximum absolute atomic E-state index is 12.5. The fourth-order valence-corrected chi connectivity index (χ4v) is 3.98. The van der Waals surface area contributed by atoms with Gasteiger partial charge in [0.2, 0.25) is 5.91 Å². The third-order valence-electron chi connectivity index (χ3n) is 4.13. The van der Waals surface area contributed by atoms with Crippen LogP contribution in [0.3, 0.4) is 0 Å². The van der Waals surface area contributed by atoms with Gasteiger partial charge in [-0.3, -0.25) is 4.79 Å². The van der Waals surface area contributed by atoms with Crippen molar-refractivity contribution >= 4 is 21.4 Å². The highest BCUT2D eigenvalue weighted by atomic mass is 32.2. The average molecular weight is 443 g/mol. The molecule has 30 heavy (non-hydrogen) atoms. The molecule has 2 aromatic rings. The van der Waals surface area contributed by atoms with Crippen LogP contribution in [-0.2, 0) is 14.6 Å². The summed E-state index contributed by atoms with van der Waals surface area (Å²) < 4.78 is 70.1. The lowest BCUT2D eigenvalue weighted by molar-refractivity contribution is -0.115. The molecule has 0 fully saturated rings. The van der Waals surface area contributed by atoms with E-state index in [2.05, 4.69) is 10.1 Å². The van der Waals surface area contributed by atoms with Crippen molar-refractivity contribution in [2.24, 2.45) is 0 Å². The molecule has 0 saturated carbocycles. The Balaban J connectivity index is 1.64. The average Bonchev–Trinajstić information content (AvgIpc) is 2.72. The molecular formula is C19H19F2NO7S. The Hall–Kier alpha value is -3.08. The number of halogens is 2. The Morgan fingerprint density at radius 1 is 1.10 bits per heavy atom. The monoisotopic (exact) mass is 443 g/mol. The van der Waals surface area contributed by atoms with Crippen LogP contribution in [0.4, 0.5) is 14.5 Å². The Morgan fingerprint density at radius 2 is 1.83 bits per heavy atom. The predicted molar refractivity (Wildman–Crippen MR) is 102 cm³/mol. The smallest absolute Gasteiger partial charge is 0.387 e. The van der Waals surface area contributed by atoms with Gasteiger partial charge < -0.3 is 24.3 Å². The Bertz CT molecular complexity index is 1030. The molecule has 0 aliphatic carbocycles. The van der Waals surface area contributed by atoms with Crippen molar-refractivity contribution in [2.75, 3.05) is 31.4 Å². The van der Waals surface area contributed by atoms with E-state index in [-0.39, 0.29) is 28.5 Å². The van der Waals surface area contributed by atoms with Crippen LogP contribution in [0, 0.1) is 0 Å². The lowest BCUT2D eigenvalue weighted by atomic mass is 10.2. The van der Waals surface area contributed by atoms with E-state index in [1.54, 1.807) is 0 Å². The molecule has 0 unspecified atom stereocenters. The Kier molecular flexibility index (Phi) is 6.60. The second kappa shape index (κ2) is 9.16. The third kappa shape index (κ3) is 5.29. The number of anilines is 1. The van der Waals surface area contributed by atoms with Crippen molar-refractivity contribution in [3.8, 4) is 23.0 Å². The van der Waals surface area contributed by atoms with E-state index in [1.807, 2.05) is 0 Å². The maximum Gasteiger partial charge on any atom is 0.387 e. The van der Waals surface area contributed by atoms with Crippen LogP contribution in [0.1, 0.15) is 6.42 Å². The van der Waals surface area contributed by atoms with Crippen LogP contribution in [0.15, 0.2) is 41.3 Å². The highest BCUT2D eigenvalue weighted by molar-refractivity contribution is 7.91. The minimum Gasteiger partial charge on any atom is -0.493 e. The first kappa shape index (κ1) is 21.6. The van der Waals surface area contributed by atoms with Crippen molar-refractivity contribution in [2.45, 2.75) is 17.9 Å². The number of nitrogens with one attached hydrogen (secondary N) is 1. The number of amides is 1. The standard InChI is InChI=1S/C19H19F2NO7S/c1-26-14-4-2-12(10-17(14)29-19(20)21)22-18(23)6-9-30(24,25)13-3-5-15-16(11-13)28-8-7-27-15/h2-5,10-11,19H,6-9H2,1H3,(H,22,23). The van der Waals surface area contributed by atoms with Gasteiger partial charge in [-0.1, -0.05) is 0 Å². The second-order valence-electron chi connectivity index (χ2n) is 6.17. The molecule has 0 atom stereocenters. The number of methoxy groups -OCH3 is 1. The lowest BCUT2D eigenvalue weighted by Gasteiger charge is -2.18. The summed E-state index contributed by atoms with van der Waals surface area (Å²) in [6.45, 7) is -2.37. The third-order valence-corrected chi connectivity index (χ3v) is 5.85. The molecule has 0 saturated heterocycles. The summed E-state index contributed by atoms with van der Waals surface area (Å²) in [5.41, 5.74) is 0.160. The van der Waals surface area contributed by atoms with Gasteiger partial charge >= 0.3 is 6.61 Å². The van der Waals surface area contributed by atoms with Crippen LogP contribution in [-0.4, -0.2) is 47.0 Å². The van der Waals surface area contributed by atoms with Crippen LogP contribution in [0.5, 0.6) is 23.0 Å². The number of rotatable bonds is 8. The zero-order valence-electron chi connectivity index (χ0n) is 15.9. The van der Waals surface area contributed by atoms with E-state index < -0.39 is 28.1 Å². The van der Waals surface area contributed by atoms with Crippen molar-refractivity contribution in [1.29, 1.82) is 0 Å². The zero-order valence-corrected chi connectivity index (χ0v) is 16.7. The molecule has 0 aromatic heterocycles. The van der Waals surface area contributed by atoms with Gasteiger partial charge in [0.15, 0.2) is 32.8 Å². The highest BCUT2D eigenvalue weighted by Crippen LogP contribution is 2.33. The van der Waals surface area contributed by atoms with Gasteiger partial charge in [-0.05, 0) is 24.3 Å². The molecule has 1 heterocycles. The molecule has 1 N–H and O–H groups in total. The van der Waals surface area contributed by atoms with E-state index in [4.69, 9.17) is 14.2 Å². The van der Waals surface area contributed by atoms with Crippen LogP contribution in [0.25, 0.3) is 0 Å². The van der Waals surface area contributed by atoms with Gasteiger partial charge in [0.05, 0.1) is 17.8 Å². The molecule has 11 heteroatoms. The minimum atomic E-state index is -3.76. The maximum atomic E-state index is 12.5. The summed E-state index contributed by atoms with van der Waals surface area (Å²) in [6.07, 6.45) is -0.339. The fourth-order valence-electron chi connectivity index (χ4n) is 2.73. The summed E-state index contributed by atoms with van der Waals surface area (Å²) in [7, 11) is -2.47. The summed E-state index contributed by atoms with van der Waals surface area (Å²) in [5.74, 6) is -0.460. The van der Waals surface area contributed by atoms with Gasteiger partial charge in [-0.15, -0.1) is 0 Å². The lowest BCUT2D eigenvalue weighted by Crippen LogP contribution is -2.18. The summed E-state index contributed by atoms with van der Waals surface area (Å²) in [5, 5.41) is 2.45. The van der Waals surface area contributed by atoms with E-state index in [9.17, 15) is 22.0 Å². The molecule has 1 amide bonds. The normalized spacial score (nSPS) is 13.1. The Morgan fingerprint density at radius 3 is 2.53 bits per heavy atom. The molecular weight excluding hydrogens is 424 g/mol. The zero-order chi connectivity index (χ0) is 21.7. The highest BCUT2D eigenvalue weighted by Gasteiger charge is 2.21. The van der Waals surface area contributed by atoms with E-state index in [0.717, 1.165) is 6.07 Å². The van der Waals surface area contributed by atoms with E-state index >= 15 is 0 Å². The summed E-state index contributed by atoms with van der Waals surface area (Å²) in [4.78, 5) is 12.2. The number of alkyl halides is 2. The van der Waals surface area contributed by atoms with Crippen LogP contribution < -0.4 is 24.3 Å².